The van der Waals surface area contributed by atoms with E-state index in [1.54, 1.807) is 35.6 Å². The molecular formula is C23H25N5OS. The molecule has 1 aromatic heterocycles. The maximum Gasteiger partial charge on any atom is 0.225 e. The molecular weight excluding hydrogens is 394 g/mol. The number of aromatic nitrogens is 1. The first kappa shape index (κ1) is 20.5. The molecule has 1 saturated heterocycles. The highest BCUT2D eigenvalue weighted by atomic mass is 32.1. The molecule has 0 spiro atoms. The second-order valence-electron chi connectivity index (χ2n) is 7.56. The first-order valence-electron chi connectivity index (χ1n) is 10.2. The summed E-state index contributed by atoms with van der Waals surface area (Å²) < 4.78 is 1.24. The normalized spacial score (nSPS) is 16.3. The van der Waals surface area contributed by atoms with Crippen molar-refractivity contribution in [2.75, 3.05) is 38.0 Å². The van der Waals surface area contributed by atoms with Gasteiger partial charge in [0.25, 0.3) is 0 Å². The number of hydrogen-bond acceptors (Lipinski definition) is 6. The SMILES string of the molecule is CC(c1nc2ccccc2s1)N1CCN(CCC(=O)Nc2cccc(C#N)c2)CC1. The molecule has 1 aliphatic heterocycles. The zero-order chi connectivity index (χ0) is 20.9. The lowest BCUT2D eigenvalue weighted by atomic mass is 10.2. The summed E-state index contributed by atoms with van der Waals surface area (Å²) in [7, 11) is 0. The van der Waals surface area contributed by atoms with Crippen LogP contribution in [0.1, 0.15) is 30.0 Å². The summed E-state index contributed by atoms with van der Waals surface area (Å²) >= 11 is 1.78. The molecule has 1 aliphatic rings. The number of benzene rings is 2. The molecule has 2 aromatic carbocycles. The molecule has 1 amide bonds. The number of amides is 1. The Kier molecular flexibility index (Phi) is 6.38. The fourth-order valence-electron chi connectivity index (χ4n) is 3.75. The van der Waals surface area contributed by atoms with Crippen LogP contribution in [0, 0.1) is 11.3 Å². The molecule has 0 aliphatic carbocycles. The highest BCUT2D eigenvalue weighted by molar-refractivity contribution is 7.18. The van der Waals surface area contributed by atoms with Gasteiger partial charge in [-0.25, -0.2) is 4.98 Å². The minimum absolute atomic E-state index is 0.0182. The Hall–Kier alpha value is -2.79. The van der Waals surface area contributed by atoms with Crippen LogP contribution in [0.4, 0.5) is 5.69 Å². The Morgan fingerprint density at radius 3 is 2.77 bits per heavy atom. The summed E-state index contributed by atoms with van der Waals surface area (Å²) in [5, 5.41) is 13.0. The van der Waals surface area contributed by atoms with Crippen molar-refractivity contribution < 1.29 is 4.79 Å². The van der Waals surface area contributed by atoms with E-state index in [9.17, 15) is 4.79 Å². The lowest BCUT2D eigenvalue weighted by Gasteiger charge is -2.37. The third-order valence-electron chi connectivity index (χ3n) is 5.55. The van der Waals surface area contributed by atoms with Gasteiger partial charge in [-0.2, -0.15) is 5.26 Å². The lowest BCUT2D eigenvalue weighted by Crippen LogP contribution is -2.47. The second-order valence-corrected chi connectivity index (χ2v) is 8.63. The molecule has 3 aromatic rings. The van der Waals surface area contributed by atoms with Crippen LogP contribution in [-0.4, -0.2) is 53.4 Å². The first-order valence-corrected chi connectivity index (χ1v) is 11.1. The molecule has 0 saturated carbocycles. The molecule has 1 unspecified atom stereocenters. The van der Waals surface area contributed by atoms with Crippen molar-refractivity contribution in [1.82, 2.24) is 14.8 Å². The van der Waals surface area contributed by atoms with E-state index in [2.05, 4.69) is 46.3 Å². The first-order chi connectivity index (χ1) is 14.6. The van der Waals surface area contributed by atoms with Gasteiger partial charge in [0.1, 0.15) is 5.01 Å². The number of piperazine rings is 1. The van der Waals surface area contributed by atoms with Gasteiger partial charge < -0.3 is 10.2 Å². The number of rotatable bonds is 6. The summed E-state index contributed by atoms with van der Waals surface area (Å²) in [5.74, 6) is -0.0182. The van der Waals surface area contributed by atoms with Crippen LogP contribution in [0.5, 0.6) is 0 Å². The Balaban J connectivity index is 1.24. The summed E-state index contributed by atoms with van der Waals surface area (Å²) in [6.45, 7) is 6.83. The van der Waals surface area contributed by atoms with Crippen LogP contribution in [0.25, 0.3) is 10.2 Å². The van der Waals surface area contributed by atoms with Gasteiger partial charge in [0.15, 0.2) is 0 Å². The standard InChI is InChI=1S/C23H25N5OS/c1-17(23-26-20-7-2-3-8-21(20)30-23)28-13-11-27(12-14-28)10-9-22(29)25-19-6-4-5-18(15-19)16-24/h2-8,15,17H,9-14H2,1H3,(H,25,29). The quantitative estimate of drug-likeness (QED) is 0.657. The van der Waals surface area contributed by atoms with Crippen molar-refractivity contribution in [1.29, 1.82) is 5.26 Å². The lowest BCUT2D eigenvalue weighted by molar-refractivity contribution is -0.116. The molecule has 4 rings (SSSR count). The van der Waals surface area contributed by atoms with E-state index in [1.807, 2.05) is 6.07 Å². The maximum atomic E-state index is 12.3. The highest BCUT2D eigenvalue weighted by Crippen LogP contribution is 2.29. The number of thiazole rings is 1. The van der Waals surface area contributed by atoms with Gasteiger partial charge in [-0.05, 0) is 37.3 Å². The Morgan fingerprint density at radius 1 is 1.20 bits per heavy atom. The van der Waals surface area contributed by atoms with E-state index < -0.39 is 0 Å². The highest BCUT2D eigenvalue weighted by Gasteiger charge is 2.24. The average molecular weight is 420 g/mol. The Morgan fingerprint density at radius 2 is 2.00 bits per heavy atom. The largest absolute Gasteiger partial charge is 0.326 e. The van der Waals surface area contributed by atoms with Gasteiger partial charge in [0.2, 0.25) is 5.91 Å². The number of carbonyl (C=O) groups is 1. The smallest absolute Gasteiger partial charge is 0.225 e. The molecule has 7 heteroatoms. The van der Waals surface area contributed by atoms with E-state index in [4.69, 9.17) is 10.2 Å². The predicted octanol–water partition coefficient (Wildman–Crippen LogP) is 3.88. The number of nitrogens with one attached hydrogen (secondary N) is 1. The molecule has 2 heterocycles. The van der Waals surface area contributed by atoms with E-state index in [1.165, 1.54) is 9.71 Å². The molecule has 1 N–H and O–H groups in total. The molecule has 0 radical (unpaired) electrons. The second kappa shape index (κ2) is 9.35. The zero-order valence-electron chi connectivity index (χ0n) is 17.0. The van der Waals surface area contributed by atoms with Crippen molar-refractivity contribution in [3.05, 3.63) is 59.1 Å². The minimum atomic E-state index is -0.0182. The van der Waals surface area contributed by atoms with Crippen LogP contribution in [0.2, 0.25) is 0 Å². The Labute approximate surface area is 180 Å². The predicted molar refractivity (Wildman–Crippen MR) is 120 cm³/mol. The molecule has 1 fully saturated rings. The van der Waals surface area contributed by atoms with Crippen LogP contribution < -0.4 is 5.32 Å². The summed E-state index contributed by atoms with van der Waals surface area (Å²) in [4.78, 5) is 21.9. The third-order valence-corrected chi connectivity index (χ3v) is 6.76. The van der Waals surface area contributed by atoms with Crippen molar-refractivity contribution in [2.24, 2.45) is 0 Å². The Bertz CT molecular complexity index is 1030. The number of carbonyl (C=O) groups excluding carboxylic acids is 1. The minimum Gasteiger partial charge on any atom is -0.326 e. The molecule has 154 valence electrons. The molecule has 1 atom stereocenters. The summed E-state index contributed by atoms with van der Waals surface area (Å²) in [6.07, 6.45) is 0.449. The number of fused-ring (bicyclic) bond motifs is 1. The van der Waals surface area contributed by atoms with Crippen molar-refractivity contribution in [3.63, 3.8) is 0 Å². The van der Waals surface area contributed by atoms with E-state index >= 15 is 0 Å². The van der Waals surface area contributed by atoms with Crippen molar-refractivity contribution >= 4 is 33.1 Å². The van der Waals surface area contributed by atoms with Gasteiger partial charge in [-0.15, -0.1) is 11.3 Å². The van der Waals surface area contributed by atoms with Gasteiger partial charge in [-0.3, -0.25) is 9.69 Å². The van der Waals surface area contributed by atoms with Crippen LogP contribution in [0.3, 0.4) is 0 Å². The van der Waals surface area contributed by atoms with Gasteiger partial charge in [0.05, 0.1) is 27.9 Å². The van der Waals surface area contributed by atoms with Crippen LogP contribution in [-0.2, 0) is 4.79 Å². The molecule has 0 bridgehead atoms. The van der Waals surface area contributed by atoms with E-state index in [-0.39, 0.29) is 5.91 Å². The molecule has 30 heavy (non-hydrogen) atoms. The number of hydrogen-bond donors (Lipinski definition) is 1. The average Bonchev–Trinajstić information content (AvgIpc) is 3.22. The topological polar surface area (TPSA) is 72.3 Å². The number of anilines is 1. The third kappa shape index (κ3) is 4.85. The van der Waals surface area contributed by atoms with Gasteiger partial charge in [0, 0.05) is 44.8 Å². The number of nitriles is 1. The van der Waals surface area contributed by atoms with E-state index in [0.717, 1.165) is 38.2 Å². The monoisotopic (exact) mass is 419 g/mol. The van der Waals surface area contributed by atoms with E-state index in [0.29, 0.717) is 23.7 Å². The van der Waals surface area contributed by atoms with Crippen LogP contribution >= 0.6 is 11.3 Å². The summed E-state index contributed by atoms with van der Waals surface area (Å²) in [5.41, 5.74) is 2.30. The molecule has 6 nitrogen and oxygen atoms in total. The maximum absolute atomic E-state index is 12.3. The van der Waals surface area contributed by atoms with Gasteiger partial charge >= 0.3 is 0 Å². The fraction of sp³-hybridized carbons (Fsp3) is 0.348. The van der Waals surface area contributed by atoms with Crippen molar-refractivity contribution in [2.45, 2.75) is 19.4 Å². The number of para-hydroxylation sites is 1. The fourth-order valence-corrected chi connectivity index (χ4v) is 4.80. The van der Waals surface area contributed by atoms with Crippen molar-refractivity contribution in [3.8, 4) is 6.07 Å². The number of nitrogens with zero attached hydrogens (tertiary/aromatic N) is 4. The van der Waals surface area contributed by atoms with Crippen LogP contribution in [0.15, 0.2) is 48.5 Å². The van der Waals surface area contributed by atoms with Gasteiger partial charge in [-0.1, -0.05) is 18.2 Å². The zero-order valence-corrected chi connectivity index (χ0v) is 17.9. The summed E-state index contributed by atoms with van der Waals surface area (Å²) in [6, 6.07) is 17.7.